The molecule has 0 aliphatic heterocycles. The summed E-state index contributed by atoms with van der Waals surface area (Å²) < 4.78 is 32.3. The van der Waals surface area contributed by atoms with Crippen LogP contribution in [-0.4, -0.2) is 44.3 Å². The number of carbonyl (C=O) groups excluding carboxylic acids is 3. The lowest BCUT2D eigenvalue weighted by molar-refractivity contribution is -0.139. The lowest BCUT2D eigenvalue weighted by atomic mass is 9.99. The van der Waals surface area contributed by atoms with Gasteiger partial charge in [0.15, 0.2) is 5.76 Å². The van der Waals surface area contributed by atoms with Gasteiger partial charge in [-0.2, -0.15) is 0 Å². The van der Waals surface area contributed by atoms with Gasteiger partial charge in [0.1, 0.15) is 43.7 Å². The molecule has 5 rings (SSSR count). The van der Waals surface area contributed by atoms with E-state index < -0.39 is 17.9 Å². The molecule has 0 aliphatic rings. The second-order valence-electron chi connectivity index (χ2n) is 11.6. The largest absolute Gasteiger partial charge is 0.490 e. The molecule has 0 aliphatic carbocycles. The number of carbonyl (C=O) groups is 3. The summed E-state index contributed by atoms with van der Waals surface area (Å²) in [6.45, 7) is 11.2. The van der Waals surface area contributed by atoms with Crippen molar-refractivity contribution in [2.24, 2.45) is 0 Å². The monoisotopic (exact) mass is 720 g/mol. The predicted molar refractivity (Wildman–Crippen MR) is 203 cm³/mol. The Morgan fingerprint density at radius 3 is 1.54 bits per heavy atom. The Morgan fingerprint density at radius 1 is 0.593 bits per heavy atom. The number of aryl methyl sites for hydroxylation is 2. The molecule has 0 atom stereocenters. The average molecular weight is 721 g/mol. The molecule has 1 aromatic heterocycles. The molecule has 0 amide bonds. The van der Waals surface area contributed by atoms with Gasteiger partial charge in [0.25, 0.3) is 0 Å². The van der Waals surface area contributed by atoms with Crippen molar-refractivity contribution >= 4 is 17.9 Å². The van der Waals surface area contributed by atoms with E-state index in [0.717, 1.165) is 45.5 Å². The fourth-order valence-corrected chi connectivity index (χ4v) is 4.95. The highest BCUT2D eigenvalue weighted by Gasteiger charge is 2.17. The molecule has 0 spiro atoms. The van der Waals surface area contributed by atoms with E-state index in [9.17, 15) is 14.4 Å². The molecule has 5 aromatic rings. The van der Waals surface area contributed by atoms with E-state index in [-0.39, 0.29) is 32.2 Å². The van der Waals surface area contributed by atoms with Crippen molar-refractivity contribution in [2.75, 3.05) is 26.4 Å². The highest BCUT2D eigenvalue weighted by molar-refractivity contribution is 5.89. The number of benzene rings is 4. The maximum Gasteiger partial charge on any atom is 0.379 e. The van der Waals surface area contributed by atoms with Crippen LogP contribution in [0.25, 0.3) is 11.1 Å². The molecule has 54 heavy (non-hydrogen) atoms. The highest BCUT2D eigenvalue weighted by Crippen LogP contribution is 2.31. The normalized spacial score (nSPS) is 10.0. The zero-order valence-corrected chi connectivity index (χ0v) is 29.8. The van der Waals surface area contributed by atoms with E-state index in [1.807, 2.05) is 74.5 Å². The van der Waals surface area contributed by atoms with Gasteiger partial charge in [0.05, 0.1) is 0 Å². The predicted octanol–water partition coefficient (Wildman–Crippen LogP) is 7.80. The molecule has 1 heterocycles. The number of hydrogen-bond donors (Lipinski definition) is 0. The van der Waals surface area contributed by atoms with Crippen molar-refractivity contribution in [3.63, 3.8) is 0 Å². The lowest BCUT2D eigenvalue weighted by Crippen LogP contribution is -2.10. The van der Waals surface area contributed by atoms with Crippen LogP contribution in [0.5, 0.6) is 17.2 Å². The third kappa shape index (κ3) is 11.1. The summed E-state index contributed by atoms with van der Waals surface area (Å²) in [5.74, 6) is 12.7. The molecule has 0 bridgehead atoms. The van der Waals surface area contributed by atoms with Gasteiger partial charge in [-0.05, 0) is 127 Å². The topological polar surface area (TPSA) is 111 Å². The van der Waals surface area contributed by atoms with Gasteiger partial charge >= 0.3 is 17.9 Å². The molecule has 9 nitrogen and oxygen atoms in total. The zero-order chi connectivity index (χ0) is 38.3. The number of furan rings is 1. The maximum absolute atomic E-state index is 13.0. The molecule has 4 aromatic carbocycles. The van der Waals surface area contributed by atoms with Gasteiger partial charge in [-0.1, -0.05) is 43.1 Å². The van der Waals surface area contributed by atoms with Crippen LogP contribution in [0.4, 0.5) is 0 Å². The van der Waals surface area contributed by atoms with Gasteiger partial charge < -0.3 is 28.1 Å². The van der Waals surface area contributed by atoms with Crippen molar-refractivity contribution in [1.29, 1.82) is 0 Å². The summed E-state index contributed by atoms with van der Waals surface area (Å²) in [6, 6.07) is 29.4. The smallest absolute Gasteiger partial charge is 0.379 e. The SMILES string of the molecule is C=CC(=O)OCCOc1ccc(C#Cc2ccc(-c3cc(C)c(OC(=O)c4ccc(C#Cc5ccc(OCCOC(=O)C=C)cc5)o4)c(C)c3)cc2)cc1. The number of esters is 3. The van der Waals surface area contributed by atoms with Crippen LogP contribution in [-0.2, 0) is 19.1 Å². The van der Waals surface area contributed by atoms with Crippen LogP contribution in [0.15, 0.2) is 127 Å². The summed E-state index contributed by atoms with van der Waals surface area (Å²) in [7, 11) is 0. The van der Waals surface area contributed by atoms with Crippen LogP contribution < -0.4 is 14.2 Å². The summed E-state index contributed by atoms with van der Waals surface area (Å²) >= 11 is 0. The van der Waals surface area contributed by atoms with Gasteiger partial charge in [-0.25, -0.2) is 14.4 Å². The van der Waals surface area contributed by atoms with Crippen molar-refractivity contribution in [3.05, 3.63) is 162 Å². The van der Waals surface area contributed by atoms with Crippen LogP contribution in [0, 0.1) is 37.5 Å². The lowest BCUT2D eigenvalue weighted by Gasteiger charge is -2.12. The van der Waals surface area contributed by atoms with Crippen LogP contribution in [0.1, 0.15) is 44.1 Å². The Bertz CT molecular complexity index is 2230. The Morgan fingerprint density at radius 2 is 1.06 bits per heavy atom. The third-order valence-corrected chi connectivity index (χ3v) is 7.60. The molecular formula is C45H36O9. The summed E-state index contributed by atoms with van der Waals surface area (Å²) in [5, 5.41) is 0. The average Bonchev–Trinajstić information content (AvgIpc) is 3.68. The standard InChI is InChI=1S/C45H36O9/c1-5-42(46)51-27-25-49-38-18-11-34(12-19-38)8-7-33-9-16-36(17-10-33)37-29-31(3)44(32(4)30-37)54-45(48)41-24-23-40(53-41)22-15-35-13-20-39(21-14-35)50-26-28-52-43(47)6-2/h5-6,9-14,16-21,23-24,29-30H,1-2,25-28H2,3-4H3. The Labute approximate surface area is 313 Å². The Balaban J connectivity index is 1.14. The van der Waals surface area contributed by atoms with Crippen LogP contribution >= 0.6 is 0 Å². The molecule has 9 heteroatoms. The summed E-state index contributed by atoms with van der Waals surface area (Å²) in [6.07, 6.45) is 2.21. The van der Waals surface area contributed by atoms with Gasteiger partial charge in [0.2, 0.25) is 5.76 Å². The second-order valence-corrected chi connectivity index (χ2v) is 11.6. The molecule has 0 radical (unpaired) electrons. The zero-order valence-electron chi connectivity index (χ0n) is 29.8. The van der Waals surface area contributed by atoms with E-state index in [4.69, 9.17) is 28.1 Å². The molecule has 0 N–H and O–H groups in total. The summed E-state index contributed by atoms with van der Waals surface area (Å²) in [4.78, 5) is 35.2. The maximum atomic E-state index is 13.0. The Hall–Kier alpha value is -7.23. The minimum atomic E-state index is -0.626. The van der Waals surface area contributed by atoms with Crippen LogP contribution in [0.2, 0.25) is 0 Å². The molecule has 0 saturated heterocycles. The van der Waals surface area contributed by atoms with Gasteiger partial charge in [0, 0.05) is 28.8 Å². The van der Waals surface area contributed by atoms with Crippen molar-refractivity contribution in [2.45, 2.75) is 13.8 Å². The Kier molecular flexibility index (Phi) is 13.3. The molecule has 270 valence electrons. The fraction of sp³-hybridized carbons (Fsp3) is 0.133. The number of rotatable bonds is 13. The number of hydrogen-bond acceptors (Lipinski definition) is 9. The molecular weight excluding hydrogens is 684 g/mol. The minimum absolute atomic E-state index is 0.0350. The van der Waals surface area contributed by atoms with E-state index in [2.05, 4.69) is 36.8 Å². The first kappa shape index (κ1) is 38.0. The molecule has 0 fully saturated rings. The molecule has 0 unspecified atom stereocenters. The summed E-state index contributed by atoms with van der Waals surface area (Å²) in [5.41, 5.74) is 5.96. The van der Waals surface area contributed by atoms with Crippen LogP contribution in [0.3, 0.4) is 0 Å². The first-order chi connectivity index (χ1) is 26.2. The van der Waals surface area contributed by atoms with Crippen molar-refractivity contribution in [3.8, 4) is 52.1 Å². The van der Waals surface area contributed by atoms with Crippen molar-refractivity contribution in [1.82, 2.24) is 0 Å². The van der Waals surface area contributed by atoms with E-state index in [1.165, 1.54) is 6.07 Å². The van der Waals surface area contributed by atoms with Gasteiger partial charge in [-0.15, -0.1) is 0 Å². The first-order valence-corrected chi connectivity index (χ1v) is 16.8. The van der Waals surface area contributed by atoms with E-state index in [1.54, 1.807) is 30.3 Å². The quantitative estimate of drug-likeness (QED) is 0.0396. The highest BCUT2D eigenvalue weighted by atomic mass is 16.6. The van der Waals surface area contributed by atoms with Gasteiger partial charge in [-0.3, -0.25) is 0 Å². The second kappa shape index (κ2) is 18.8. The van der Waals surface area contributed by atoms with E-state index >= 15 is 0 Å². The minimum Gasteiger partial charge on any atom is -0.490 e. The third-order valence-electron chi connectivity index (χ3n) is 7.60. The van der Waals surface area contributed by atoms with E-state index in [0.29, 0.717) is 28.6 Å². The first-order valence-electron chi connectivity index (χ1n) is 16.8. The van der Waals surface area contributed by atoms with Crippen molar-refractivity contribution < 1.29 is 42.5 Å². The number of ether oxygens (including phenoxy) is 5. The molecule has 0 saturated carbocycles. The fourth-order valence-electron chi connectivity index (χ4n) is 4.95.